The number of esters is 1. The van der Waals surface area contributed by atoms with Gasteiger partial charge in [-0.05, 0) is 83.9 Å². The standard InChI is InChI=1S/C21H33ClN2O2/c1-14-6-9-17(22)12-19(14)24-15(2)16-7-10-18(11-8-16)23-13-20(25)26-21(3,4)5/h6,9,12,15-16,18,23-24H,7-8,10-11,13H2,1-5H3. The number of nitrogens with one attached hydrogen (secondary N) is 2. The lowest BCUT2D eigenvalue weighted by Crippen LogP contribution is -2.41. The van der Waals surface area contributed by atoms with Gasteiger partial charge < -0.3 is 15.4 Å². The maximum absolute atomic E-state index is 11.8. The van der Waals surface area contributed by atoms with Gasteiger partial charge in [0.15, 0.2) is 0 Å². The molecule has 146 valence electrons. The third kappa shape index (κ3) is 6.81. The molecule has 1 aromatic carbocycles. The molecule has 2 N–H and O–H groups in total. The van der Waals surface area contributed by atoms with Gasteiger partial charge in [0.25, 0.3) is 0 Å². The third-order valence-corrected chi connectivity index (χ3v) is 5.25. The number of aryl methyl sites for hydroxylation is 1. The first-order valence-corrected chi connectivity index (χ1v) is 10.00. The van der Waals surface area contributed by atoms with Crippen LogP contribution in [0.15, 0.2) is 18.2 Å². The van der Waals surface area contributed by atoms with Crippen molar-refractivity contribution in [3.05, 3.63) is 28.8 Å². The SMILES string of the molecule is Cc1ccc(Cl)cc1NC(C)C1CCC(NCC(=O)OC(C)(C)C)CC1. The van der Waals surface area contributed by atoms with E-state index >= 15 is 0 Å². The van der Waals surface area contributed by atoms with Crippen molar-refractivity contribution < 1.29 is 9.53 Å². The molecular formula is C21H33ClN2O2. The predicted octanol–water partition coefficient (Wildman–Crippen LogP) is 4.94. The minimum Gasteiger partial charge on any atom is -0.459 e. The van der Waals surface area contributed by atoms with E-state index in [4.69, 9.17) is 16.3 Å². The molecule has 0 aromatic heterocycles. The number of halogens is 1. The summed E-state index contributed by atoms with van der Waals surface area (Å²) < 4.78 is 5.35. The van der Waals surface area contributed by atoms with Gasteiger partial charge in [0.1, 0.15) is 5.60 Å². The summed E-state index contributed by atoms with van der Waals surface area (Å²) in [5, 5.41) is 7.75. The van der Waals surface area contributed by atoms with Crippen LogP contribution in [0.3, 0.4) is 0 Å². The van der Waals surface area contributed by atoms with Crippen molar-refractivity contribution in [3.8, 4) is 0 Å². The van der Waals surface area contributed by atoms with Gasteiger partial charge >= 0.3 is 5.97 Å². The number of hydrogen-bond donors (Lipinski definition) is 2. The van der Waals surface area contributed by atoms with E-state index in [0.717, 1.165) is 36.4 Å². The molecular weight excluding hydrogens is 348 g/mol. The lowest BCUT2D eigenvalue weighted by molar-refractivity contribution is -0.153. The molecule has 0 radical (unpaired) electrons. The smallest absolute Gasteiger partial charge is 0.320 e. The van der Waals surface area contributed by atoms with Gasteiger partial charge in [-0.25, -0.2) is 0 Å². The summed E-state index contributed by atoms with van der Waals surface area (Å²) in [6, 6.07) is 6.78. The molecule has 26 heavy (non-hydrogen) atoms. The Morgan fingerprint density at radius 1 is 1.27 bits per heavy atom. The molecule has 1 aromatic rings. The highest BCUT2D eigenvalue weighted by molar-refractivity contribution is 6.30. The Bertz CT molecular complexity index is 605. The molecule has 1 unspecified atom stereocenters. The Balaban J connectivity index is 1.75. The van der Waals surface area contributed by atoms with Crippen LogP contribution in [-0.4, -0.2) is 30.2 Å². The van der Waals surface area contributed by atoms with Crippen molar-refractivity contribution in [3.63, 3.8) is 0 Å². The molecule has 4 nitrogen and oxygen atoms in total. The summed E-state index contributed by atoms with van der Waals surface area (Å²) in [6.45, 7) is 10.3. The Morgan fingerprint density at radius 3 is 2.54 bits per heavy atom. The van der Waals surface area contributed by atoms with E-state index < -0.39 is 5.60 Å². The highest BCUT2D eigenvalue weighted by Crippen LogP contribution is 2.30. The van der Waals surface area contributed by atoms with Crippen LogP contribution in [0.4, 0.5) is 5.69 Å². The minimum atomic E-state index is -0.421. The van der Waals surface area contributed by atoms with Gasteiger partial charge in [0.2, 0.25) is 0 Å². The number of hydrogen-bond acceptors (Lipinski definition) is 4. The molecule has 0 saturated heterocycles. The summed E-state index contributed by atoms with van der Waals surface area (Å²) in [4.78, 5) is 11.8. The molecule has 2 rings (SSSR count). The molecule has 0 spiro atoms. The Kier molecular flexibility index (Phi) is 7.36. The fourth-order valence-electron chi connectivity index (χ4n) is 3.54. The Hall–Kier alpha value is -1.26. The quantitative estimate of drug-likeness (QED) is 0.686. The van der Waals surface area contributed by atoms with Crippen LogP contribution >= 0.6 is 11.6 Å². The van der Waals surface area contributed by atoms with E-state index in [-0.39, 0.29) is 5.97 Å². The van der Waals surface area contributed by atoms with Crippen molar-refractivity contribution in [2.24, 2.45) is 5.92 Å². The topological polar surface area (TPSA) is 50.4 Å². The number of carbonyl (C=O) groups is 1. The van der Waals surface area contributed by atoms with E-state index in [1.165, 1.54) is 5.56 Å². The second kappa shape index (κ2) is 9.09. The second-order valence-electron chi connectivity index (χ2n) is 8.47. The monoisotopic (exact) mass is 380 g/mol. The maximum Gasteiger partial charge on any atom is 0.320 e. The molecule has 1 aliphatic rings. The summed E-state index contributed by atoms with van der Waals surface area (Å²) in [5.41, 5.74) is 1.92. The van der Waals surface area contributed by atoms with Crippen molar-refractivity contribution in [2.75, 3.05) is 11.9 Å². The molecule has 1 aliphatic carbocycles. The van der Waals surface area contributed by atoms with Gasteiger partial charge in [-0.2, -0.15) is 0 Å². The van der Waals surface area contributed by atoms with Crippen LogP contribution < -0.4 is 10.6 Å². The Labute approximate surface area is 163 Å². The maximum atomic E-state index is 11.8. The summed E-state index contributed by atoms with van der Waals surface area (Å²) >= 11 is 6.12. The molecule has 0 heterocycles. The fourth-order valence-corrected chi connectivity index (χ4v) is 3.71. The largest absolute Gasteiger partial charge is 0.459 e. The number of carbonyl (C=O) groups excluding carboxylic acids is 1. The van der Waals surface area contributed by atoms with Crippen LogP contribution in [-0.2, 0) is 9.53 Å². The van der Waals surface area contributed by atoms with E-state index in [2.05, 4.69) is 30.5 Å². The fraction of sp³-hybridized carbons (Fsp3) is 0.667. The Morgan fingerprint density at radius 2 is 1.92 bits per heavy atom. The molecule has 5 heteroatoms. The number of anilines is 1. The summed E-state index contributed by atoms with van der Waals surface area (Å²) in [7, 11) is 0. The lowest BCUT2D eigenvalue weighted by atomic mass is 9.82. The van der Waals surface area contributed by atoms with Gasteiger partial charge in [0.05, 0.1) is 6.54 Å². The number of rotatable bonds is 6. The molecule has 0 aliphatic heterocycles. The molecule has 1 fully saturated rings. The first-order chi connectivity index (χ1) is 12.1. The average Bonchev–Trinajstić information content (AvgIpc) is 2.55. The van der Waals surface area contributed by atoms with Crippen LogP contribution in [0.1, 0.15) is 58.9 Å². The summed E-state index contributed by atoms with van der Waals surface area (Å²) in [5.74, 6) is 0.457. The molecule has 0 amide bonds. The van der Waals surface area contributed by atoms with Crippen molar-refractivity contribution in [1.29, 1.82) is 0 Å². The van der Waals surface area contributed by atoms with Crippen LogP contribution in [0, 0.1) is 12.8 Å². The molecule has 1 saturated carbocycles. The van der Waals surface area contributed by atoms with Crippen molar-refractivity contribution in [1.82, 2.24) is 5.32 Å². The zero-order valence-corrected chi connectivity index (χ0v) is 17.5. The highest BCUT2D eigenvalue weighted by Gasteiger charge is 2.26. The van der Waals surface area contributed by atoms with E-state index in [1.54, 1.807) is 0 Å². The van der Waals surface area contributed by atoms with E-state index in [0.29, 0.717) is 24.5 Å². The van der Waals surface area contributed by atoms with E-state index in [9.17, 15) is 4.79 Å². The van der Waals surface area contributed by atoms with Gasteiger partial charge in [-0.1, -0.05) is 17.7 Å². The van der Waals surface area contributed by atoms with Crippen molar-refractivity contribution >= 4 is 23.3 Å². The lowest BCUT2D eigenvalue weighted by Gasteiger charge is -2.34. The zero-order valence-electron chi connectivity index (χ0n) is 16.7. The van der Waals surface area contributed by atoms with Crippen LogP contribution in [0.2, 0.25) is 5.02 Å². The molecule has 1 atom stereocenters. The zero-order chi connectivity index (χ0) is 19.3. The van der Waals surface area contributed by atoms with Gasteiger partial charge in [0, 0.05) is 22.8 Å². The third-order valence-electron chi connectivity index (χ3n) is 5.02. The van der Waals surface area contributed by atoms with Gasteiger partial charge in [-0.15, -0.1) is 0 Å². The number of ether oxygens (including phenoxy) is 1. The molecule has 0 bridgehead atoms. The second-order valence-corrected chi connectivity index (χ2v) is 8.91. The first-order valence-electron chi connectivity index (χ1n) is 9.62. The average molecular weight is 381 g/mol. The summed E-state index contributed by atoms with van der Waals surface area (Å²) in [6.07, 6.45) is 4.49. The number of benzene rings is 1. The first kappa shape index (κ1) is 21.0. The van der Waals surface area contributed by atoms with E-state index in [1.807, 2.05) is 32.9 Å². The normalized spacial score (nSPS) is 21.9. The van der Waals surface area contributed by atoms with Gasteiger partial charge in [-0.3, -0.25) is 4.79 Å². The van der Waals surface area contributed by atoms with Crippen molar-refractivity contribution in [2.45, 2.75) is 78.0 Å². The highest BCUT2D eigenvalue weighted by atomic mass is 35.5. The van der Waals surface area contributed by atoms with Crippen LogP contribution in [0.25, 0.3) is 0 Å². The predicted molar refractivity (Wildman–Crippen MR) is 109 cm³/mol. The minimum absolute atomic E-state index is 0.175. The van der Waals surface area contributed by atoms with Crippen LogP contribution in [0.5, 0.6) is 0 Å².